The summed E-state index contributed by atoms with van der Waals surface area (Å²) in [6.45, 7) is 0.179. The number of halogens is 5. The fraction of sp³-hybridized carbons (Fsp3) is 0.800. The molecule has 0 aromatic carbocycles. The van der Waals surface area contributed by atoms with Crippen molar-refractivity contribution in [3.05, 3.63) is 20.9 Å². The van der Waals surface area contributed by atoms with Gasteiger partial charge in [-0.15, -0.1) is 0 Å². The second-order valence-electron chi connectivity index (χ2n) is 4.76. The van der Waals surface area contributed by atoms with Crippen LogP contribution in [0.3, 0.4) is 0 Å². The van der Waals surface area contributed by atoms with Crippen LogP contribution in [0.1, 0.15) is 6.92 Å². The molecule has 0 aromatic heterocycles. The number of hydrogen-bond donors (Lipinski definition) is 1. The minimum atomic E-state index is -4.02. The Hall–Kier alpha value is -1.75. The summed E-state index contributed by atoms with van der Waals surface area (Å²) in [6.07, 6.45) is -6.04. The van der Waals surface area contributed by atoms with Crippen molar-refractivity contribution in [3.8, 4) is 0 Å². The fourth-order valence-electron chi connectivity index (χ4n) is 1.97. The summed E-state index contributed by atoms with van der Waals surface area (Å²) in [5.41, 5.74) is 16.9. The van der Waals surface area contributed by atoms with Gasteiger partial charge in [0.05, 0.1) is 6.54 Å². The monoisotopic (exact) mass is 435 g/mol. The molecular weight excluding hydrogens is 427 g/mol. The first-order chi connectivity index (χ1) is 11.9. The third kappa shape index (κ3) is 5.37. The van der Waals surface area contributed by atoms with Gasteiger partial charge in [-0.1, -0.05) is 45.0 Å². The molecule has 4 unspecified atom stereocenters. The number of carbonyl (C=O) groups is 1. The van der Waals surface area contributed by atoms with E-state index in [9.17, 15) is 13.6 Å². The maximum atomic E-state index is 14.7. The van der Waals surface area contributed by atoms with Crippen LogP contribution < -0.4 is 0 Å². The second kappa shape index (κ2) is 8.76. The number of nitrogens with one attached hydrogen (secondary N) is 1. The van der Waals surface area contributed by atoms with E-state index in [1.165, 1.54) is 0 Å². The first-order valence-electron chi connectivity index (χ1n) is 6.53. The molecule has 0 radical (unpaired) electrons. The fourth-order valence-corrected chi connectivity index (χ4v) is 2.10. The molecule has 144 valence electrons. The molecule has 0 spiro atoms. The summed E-state index contributed by atoms with van der Waals surface area (Å²) < 4.78 is 41.5. The smallest absolute Gasteiger partial charge is 0.303 e. The van der Waals surface area contributed by atoms with Crippen LogP contribution in [-0.4, -0.2) is 52.7 Å². The van der Waals surface area contributed by atoms with Gasteiger partial charge in [0.15, 0.2) is 12.1 Å². The van der Waals surface area contributed by atoms with E-state index in [2.05, 4.69) is 24.8 Å². The Labute approximate surface area is 159 Å². The standard InChI is InChI=1S/C10H10Cl3F2N7O4/c1-3(23)24-6-4(2-19-21-17)25-7(26-8(16)10(11,12)13)5(20-22-18)9(6,14)15/h4-7,16H,2H2,1H3. The lowest BCUT2D eigenvalue weighted by molar-refractivity contribution is -0.289. The molecule has 0 aliphatic carbocycles. The van der Waals surface area contributed by atoms with Gasteiger partial charge < -0.3 is 14.2 Å². The molecule has 0 aromatic rings. The molecule has 0 saturated carbocycles. The number of alkyl halides is 5. The molecule has 0 amide bonds. The number of azide groups is 2. The van der Waals surface area contributed by atoms with E-state index in [4.69, 9.17) is 60.7 Å². The molecule has 11 nitrogen and oxygen atoms in total. The Morgan fingerprint density at radius 3 is 2.42 bits per heavy atom. The Kier molecular flexibility index (Phi) is 7.51. The Bertz CT molecular complexity index is 663. The molecule has 1 rings (SSSR count). The van der Waals surface area contributed by atoms with Gasteiger partial charge >= 0.3 is 11.9 Å². The highest BCUT2D eigenvalue weighted by Crippen LogP contribution is 2.40. The summed E-state index contributed by atoms with van der Waals surface area (Å²) in [4.78, 5) is 15.8. The summed E-state index contributed by atoms with van der Waals surface area (Å²) >= 11 is 16.2. The third-order valence-electron chi connectivity index (χ3n) is 2.96. The minimum Gasteiger partial charge on any atom is -0.453 e. The van der Waals surface area contributed by atoms with Crippen LogP contribution in [0.5, 0.6) is 0 Å². The van der Waals surface area contributed by atoms with E-state index in [-0.39, 0.29) is 0 Å². The van der Waals surface area contributed by atoms with Crippen molar-refractivity contribution in [3.63, 3.8) is 0 Å². The first kappa shape index (κ1) is 22.3. The van der Waals surface area contributed by atoms with Crippen LogP contribution >= 0.6 is 34.8 Å². The molecule has 4 atom stereocenters. The molecule has 1 N–H and O–H groups in total. The van der Waals surface area contributed by atoms with Crippen molar-refractivity contribution in [2.75, 3.05) is 6.54 Å². The van der Waals surface area contributed by atoms with E-state index in [0.717, 1.165) is 6.92 Å². The van der Waals surface area contributed by atoms with Crippen molar-refractivity contribution >= 4 is 46.7 Å². The highest BCUT2D eigenvalue weighted by atomic mass is 35.6. The molecule has 1 heterocycles. The van der Waals surface area contributed by atoms with E-state index in [1.807, 2.05) is 0 Å². The lowest BCUT2D eigenvalue weighted by Gasteiger charge is -2.43. The van der Waals surface area contributed by atoms with Crippen LogP contribution in [-0.2, 0) is 19.0 Å². The van der Waals surface area contributed by atoms with Crippen molar-refractivity contribution < 1.29 is 27.8 Å². The number of carbonyl (C=O) groups excluding carboxylic acids is 1. The van der Waals surface area contributed by atoms with Crippen LogP contribution in [0.2, 0.25) is 0 Å². The van der Waals surface area contributed by atoms with Crippen LogP contribution in [0.25, 0.3) is 20.9 Å². The largest absolute Gasteiger partial charge is 0.453 e. The van der Waals surface area contributed by atoms with Crippen LogP contribution in [0.4, 0.5) is 8.78 Å². The van der Waals surface area contributed by atoms with Gasteiger partial charge in [0.25, 0.3) is 3.79 Å². The van der Waals surface area contributed by atoms with Crippen molar-refractivity contribution in [1.29, 1.82) is 5.41 Å². The zero-order valence-corrected chi connectivity index (χ0v) is 15.0. The highest BCUT2D eigenvalue weighted by molar-refractivity contribution is 6.76. The lowest BCUT2D eigenvalue weighted by Crippen LogP contribution is -2.64. The number of esters is 1. The number of ether oxygens (including phenoxy) is 3. The number of rotatable bonds is 5. The molecule has 26 heavy (non-hydrogen) atoms. The highest BCUT2D eigenvalue weighted by Gasteiger charge is 2.61. The molecule has 1 saturated heterocycles. The maximum Gasteiger partial charge on any atom is 0.303 e. The predicted molar refractivity (Wildman–Crippen MR) is 85.2 cm³/mol. The first-order valence-corrected chi connectivity index (χ1v) is 7.66. The second-order valence-corrected chi connectivity index (χ2v) is 7.04. The predicted octanol–water partition coefficient (Wildman–Crippen LogP) is 3.63. The summed E-state index contributed by atoms with van der Waals surface area (Å²) in [6, 6.07) is -2.38. The van der Waals surface area contributed by atoms with Gasteiger partial charge in [0.2, 0.25) is 12.2 Å². The van der Waals surface area contributed by atoms with Crippen molar-refractivity contribution in [2.24, 2.45) is 10.2 Å². The molecule has 0 bridgehead atoms. The van der Waals surface area contributed by atoms with Gasteiger partial charge in [-0.3, -0.25) is 10.2 Å². The average Bonchev–Trinajstić information content (AvgIpc) is 2.51. The van der Waals surface area contributed by atoms with Gasteiger partial charge in [-0.25, -0.2) is 8.78 Å². The molecular formula is C10H10Cl3F2N7O4. The summed E-state index contributed by atoms with van der Waals surface area (Å²) in [7, 11) is 0. The van der Waals surface area contributed by atoms with Crippen molar-refractivity contribution in [2.45, 2.75) is 41.2 Å². The van der Waals surface area contributed by atoms with Crippen LogP contribution in [0, 0.1) is 5.41 Å². The molecule has 1 fully saturated rings. The Morgan fingerprint density at radius 1 is 1.35 bits per heavy atom. The van der Waals surface area contributed by atoms with Gasteiger partial charge in [-0.05, 0) is 11.1 Å². The van der Waals surface area contributed by atoms with Gasteiger partial charge in [0, 0.05) is 16.7 Å². The van der Waals surface area contributed by atoms with E-state index in [1.54, 1.807) is 0 Å². The topological polar surface area (TPSA) is 166 Å². The number of nitrogens with zero attached hydrogens (tertiary/aromatic N) is 6. The SMILES string of the molecule is CC(=O)OC1C(CN=[N+]=[N-])OC(OC(=N)C(Cl)(Cl)Cl)C(N=[N+]=[N-])C1(F)F. The van der Waals surface area contributed by atoms with Gasteiger partial charge in [-0.2, -0.15) is 0 Å². The van der Waals surface area contributed by atoms with Gasteiger partial charge in [0.1, 0.15) is 6.10 Å². The Morgan fingerprint density at radius 2 is 1.96 bits per heavy atom. The maximum absolute atomic E-state index is 14.7. The minimum absolute atomic E-state index is 0.687. The number of hydrogen-bond acceptors (Lipinski definition) is 7. The lowest BCUT2D eigenvalue weighted by atomic mass is 9.95. The zero-order chi connectivity index (χ0) is 20.1. The summed E-state index contributed by atoms with van der Waals surface area (Å²) in [5, 5.41) is 13.4. The molecule has 16 heteroatoms. The molecule has 1 aliphatic rings. The summed E-state index contributed by atoms with van der Waals surface area (Å²) in [5.74, 6) is -6.20. The van der Waals surface area contributed by atoms with Crippen LogP contribution in [0.15, 0.2) is 10.2 Å². The molecule has 1 aliphatic heterocycles. The quantitative estimate of drug-likeness (QED) is 0.132. The normalized spacial score (nSPS) is 27.5. The van der Waals surface area contributed by atoms with Crippen molar-refractivity contribution in [1.82, 2.24) is 0 Å². The zero-order valence-electron chi connectivity index (χ0n) is 12.7. The Balaban J connectivity index is 3.29. The average molecular weight is 437 g/mol. The van der Waals surface area contributed by atoms with E-state index in [0.29, 0.717) is 0 Å². The third-order valence-corrected chi connectivity index (χ3v) is 3.48. The van der Waals surface area contributed by atoms with E-state index < -0.39 is 52.7 Å². The van der Waals surface area contributed by atoms with E-state index >= 15 is 0 Å².